The van der Waals surface area contributed by atoms with Gasteiger partial charge in [-0.2, -0.15) is 4.98 Å². The number of aromatic nitrogens is 5. The average Bonchev–Trinajstić information content (AvgIpc) is 3.71. The second-order valence-corrected chi connectivity index (χ2v) is 12.6. The van der Waals surface area contributed by atoms with Crippen LogP contribution in [0, 0.1) is 27.7 Å². The molecule has 1 aliphatic rings. The van der Waals surface area contributed by atoms with Crippen LogP contribution in [-0.2, 0) is 14.8 Å². The van der Waals surface area contributed by atoms with Gasteiger partial charge in [0.05, 0.1) is 16.6 Å². The van der Waals surface area contributed by atoms with Gasteiger partial charge in [-0.3, -0.25) is 4.79 Å². The van der Waals surface area contributed by atoms with Crippen LogP contribution in [0.3, 0.4) is 0 Å². The Morgan fingerprint density at radius 1 is 1.02 bits per heavy atom. The number of hydrogen-bond acceptors (Lipinski definition) is 8. The maximum Gasteiger partial charge on any atom is 0.268 e. The molecule has 0 bridgehead atoms. The van der Waals surface area contributed by atoms with Crippen LogP contribution in [0.4, 0.5) is 17.6 Å². The van der Waals surface area contributed by atoms with Crippen molar-refractivity contribution in [1.29, 1.82) is 0 Å². The molecule has 1 atom stereocenters. The smallest absolute Gasteiger partial charge is 0.268 e. The van der Waals surface area contributed by atoms with Crippen LogP contribution in [0.2, 0.25) is 0 Å². The fourth-order valence-electron chi connectivity index (χ4n) is 5.36. The van der Waals surface area contributed by atoms with Crippen molar-refractivity contribution in [3.8, 4) is 5.69 Å². The van der Waals surface area contributed by atoms with Crippen LogP contribution in [0.1, 0.15) is 35.1 Å². The highest BCUT2D eigenvalue weighted by atomic mass is 32.2. The number of imidazole rings is 1. The van der Waals surface area contributed by atoms with Crippen molar-refractivity contribution in [2.45, 2.75) is 51.5 Å². The van der Waals surface area contributed by atoms with Gasteiger partial charge in [-0.1, -0.05) is 17.7 Å². The Morgan fingerprint density at radius 2 is 1.74 bits per heavy atom. The number of anilines is 3. The Morgan fingerprint density at radius 3 is 2.43 bits per heavy atom. The van der Waals surface area contributed by atoms with Crippen LogP contribution >= 0.6 is 0 Å². The molecule has 0 radical (unpaired) electrons. The van der Waals surface area contributed by atoms with Gasteiger partial charge in [0.15, 0.2) is 5.82 Å². The highest BCUT2D eigenvalue weighted by Crippen LogP contribution is 2.32. The zero-order valence-corrected chi connectivity index (χ0v) is 24.7. The Kier molecular flexibility index (Phi) is 6.72. The molecule has 6 rings (SSSR count). The molecule has 1 amide bonds. The van der Waals surface area contributed by atoms with E-state index in [0.717, 1.165) is 17.7 Å². The number of nitrogens with two attached hydrogens (primary N) is 1. The standard InChI is InChI=1S/C30H32N8O3S/c1-18-7-9-23(10-8-18)42(40,41)38-13-11-24-27(38)29(35-30(33-24)37-12-5-6-25(37)28(31)39)34-26-16-36(17-32-26)22-14-19(2)21(4)20(3)15-22/h7-11,13-17,25H,5-6,12H2,1-4H3,(H2,31,39)(H,33,34,35)/t25-/m0/s1. The quantitative estimate of drug-likeness (QED) is 0.289. The first kappa shape index (κ1) is 27.5. The number of nitrogens with one attached hydrogen (secondary N) is 1. The SMILES string of the molecule is Cc1ccc(S(=O)(=O)n2ccc3nc(N4CCC[C@H]4C(N)=O)nc(Nc4cn(-c5cc(C)c(C)c(C)c5)cn4)c32)cc1. The number of carbonyl (C=O) groups excluding carboxylic acids is 1. The summed E-state index contributed by atoms with van der Waals surface area (Å²) >= 11 is 0. The van der Waals surface area contributed by atoms with Gasteiger partial charge in [0, 0.05) is 18.4 Å². The van der Waals surface area contributed by atoms with Gasteiger partial charge in [-0.15, -0.1) is 0 Å². The highest BCUT2D eigenvalue weighted by Gasteiger charge is 2.32. The number of benzene rings is 2. The van der Waals surface area contributed by atoms with Crippen molar-refractivity contribution in [3.63, 3.8) is 0 Å². The minimum Gasteiger partial charge on any atom is -0.368 e. The third kappa shape index (κ3) is 4.77. The van der Waals surface area contributed by atoms with Gasteiger partial charge >= 0.3 is 0 Å². The van der Waals surface area contributed by atoms with Crippen LogP contribution in [0.15, 0.2) is 66.1 Å². The fourth-order valence-corrected chi connectivity index (χ4v) is 6.71. The summed E-state index contributed by atoms with van der Waals surface area (Å²) in [4.78, 5) is 28.0. The van der Waals surface area contributed by atoms with Crippen molar-refractivity contribution in [3.05, 3.63) is 83.4 Å². The molecule has 0 unspecified atom stereocenters. The van der Waals surface area contributed by atoms with E-state index in [1.807, 2.05) is 17.7 Å². The first-order valence-electron chi connectivity index (χ1n) is 13.7. The molecule has 1 saturated heterocycles. The lowest BCUT2D eigenvalue weighted by atomic mass is 10.0. The fraction of sp³-hybridized carbons (Fsp3) is 0.267. The number of aryl methyl sites for hydroxylation is 3. The normalized spacial score (nSPS) is 15.4. The molecule has 42 heavy (non-hydrogen) atoms. The predicted octanol–water partition coefficient (Wildman–Crippen LogP) is 4.29. The number of amides is 1. The molecule has 2 aromatic carbocycles. The first-order valence-corrected chi connectivity index (χ1v) is 15.1. The summed E-state index contributed by atoms with van der Waals surface area (Å²) in [6, 6.07) is 11.9. The molecular formula is C30H32N8O3S. The summed E-state index contributed by atoms with van der Waals surface area (Å²) in [5.74, 6) is 0.547. The van der Waals surface area contributed by atoms with Gasteiger partial charge in [-0.25, -0.2) is 22.4 Å². The summed E-state index contributed by atoms with van der Waals surface area (Å²) in [6.07, 6.45) is 6.34. The molecule has 5 aromatic rings. The Bertz CT molecular complexity index is 1920. The monoisotopic (exact) mass is 584 g/mol. The number of rotatable bonds is 7. The molecule has 1 fully saturated rings. The van der Waals surface area contributed by atoms with E-state index < -0.39 is 22.0 Å². The lowest BCUT2D eigenvalue weighted by Crippen LogP contribution is -2.41. The summed E-state index contributed by atoms with van der Waals surface area (Å²) in [5, 5.41) is 3.23. The zero-order chi connectivity index (χ0) is 29.8. The van der Waals surface area contributed by atoms with Crippen LogP contribution in [0.25, 0.3) is 16.7 Å². The average molecular weight is 585 g/mol. The number of carbonyl (C=O) groups is 1. The molecule has 12 heteroatoms. The first-order chi connectivity index (χ1) is 20.0. The van der Waals surface area contributed by atoms with Crippen molar-refractivity contribution < 1.29 is 13.2 Å². The summed E-state index contributed by atoms with van der Waals surface area (Å²) < 4.78 is 30.6. The van der Waals surface area contributed by atoms with Gasteiger partial charge in [-0.05, 0) is 87.6 Å². The number of hydrogen-bond donors (Lipinski definition) is 2. The van der Waals surface area contributed by atoms with Gasteiger partial charge < -0.3 is 20.5 Å². The molecule has 3 aromatic heterocycles. The van der Waals surface area contributed by atoms with Crippen molar-refractivity contribution in [2.24, 2.45) is 5.73 Å². The van der Waals surface area contributed by atoms with E-state index in [1.165, 1.54) is 26.9 Å². The van der Waals surface area contributed by atoms with Crippen LogP contribution in [0.5, 0.6) is 0 Å². The van der Waals surface area contributed by atoms with Crippen LogP contribution in [-0.4, -0.2) is 50.4 Å². The second kappa shape index (κ2) is 10.3. The molecule has 216 valence electrons. The molecular weight excluding hydrogens is 552 g/mol. The van der Waals surface area contributed by atoms with E-state index in [0.29, 0.717) is 30.2 Å². The van der Waals surface area contributed by atoms with Crippen molar-refractivity contribution >= 4 is 44.5 Å². The Labute approximate surface area is 244 Å². The van der Waals surface area contributed by atoms with Gasteiger partial charge in [0.1, 0.15) is 23.7 Å². The van der Waals surface area contributed by atoms with E-state index in [4.69, 9.17) is 10.7 Å². The predicted molar refractivity (Wildman–Crippen MR) is 162 cm³/mol. The second-order valence-electron chi connectivity index (χ2n) is 10.8. The molecule has 11 nitrogen and oxygen atoms in total. The van der Waals surface area contributed by atoms with Crippen molar-refractivity contribution in [2.75, 3.05) is 16.8 Å². The van der Waals surface area contributed by atoms with E-state index >= 15 is 0 Å². The van der Waals surface area contributed by atoms with Gasteiger partial charge in [0.25, 0.3) is 10.0 Å². The topological polar surface area (TPSA) is 141 Å². The molecule has 0 saturated carbocycles. The molecule has 0 aliphatic carbocycles. The molecule has 3 N–H and O–H groups in total. The molecule has 0 spiro atoms. The third-order valence-corrected chi connectivity index (χ3v) is 9.63. The Balaban J connectivity index is 1.47. The lowest BCUT2D eigenvalue weighted by Gasteiger charge is -2.23. The number of fused-ring (bicyclic) bond motifs is 1. The van der Waals surface area contributed by atoms with E-state index in [-0.39, 0.29) is 16.2 Å². The van der Waals surface area contributed by atoms with Crippen molar-refractivity contribution in [1.82, 2.24) is 23.5 Å². The lowest BCUT2D eigenvalue weighted by molar-refractivity contribution is -0.119. The number of primary amides is 1. The summed E-state index contributed by atoms with van der Waals surface area (Å²) in [6.45, 7) is 8.69. The van der Waals surface area contributed by atoms with E-state index in [9.17, 15) is 13.2 Å². The third-order valence-electron chi connectivity index (χ3n) is 7.94. The zero-order valence-electron chi connectivity index (χ0n) is 23.9. The largest absolute Gasteiger partial charge is 0.368 e. The minimum atomic E-state index is -3.98. The number of nitrogens with zero attached hydrogens (tertiary/aromatic N) is 6. The molecule has 4 heterocycles. The van der Waals surface area contributed by atoms with Crippen LogP contribution < -0.4 is 16.0 Å². The maximum absolute atomic E-state index is 13.8. The Hall–Kier alpha value is -4.71. The van der Waals surface area contributed by atoms with E-state index in [2.05, 4.69) is 48.2 Å². The minimum absolute atomic E-state index is 0.142. The summed E-state index contributed by atoms with van der Waals surface area (Å²) in [7, 11) is -3.98. The molecule has 1 aliphatic heterocycles. The van der Waals surface area contributed by atoms with Gasteiger partial charge in [0.2, 0.25) is 11.9 Å². The maximum atomic E-state index is 13.8. The van der Waals surface area contributed by atoms with E-state index in [1.54, 1.807) is 41.6 Å². The summed E-state index contributed by atoms with van der Waals surface area (Å²) in [5.41, 5.74) is 11.8. The highest BCUT2D eigenvalue weighted by molar-refractivity contribution is 7.90.